The van der Waals surface area contributed by atoms with Crippen LogP contribution in [0.1, 0.15) is 17.3 Å². The number of para-hydroxylation sites is 1. The summed E-state index contributed by atoms with van der Waals surface area (Å²) in [5.41, 5.74) is 0.956. The van der Waals surface area contributed by atoms with Crippen LogP contribution in [-0.4, -0.2) is 17.6 Å². The van der Waals surface area contributed by atoms with Gasteiger partial charge in [0.2, 0.25) is 0 Å². The van der Waals surface area contributed by atoms with Crippen LogP contribution in [0.4, 0.5) is 15.8 Å². The zero-order valence-electron chi connectivity index (χ0n) is 10.8. The predicted molar refractivity (Wildman–Crippen MR) is 80.2 cm³/mol. The van der Waals surface area contributed by atoms with Crippen molar-refractivity contribution in [1.82, 2.24) is 0 Å². The number of nitrogens with zero attached hydrogens (tertiary/aromatic N) is 1. The number of hydrogen-bond acceptors (Lipinski definition) is 2. The molecule has 104 valence electrons. The van der Waals surface area contributed by atoms with Gasteiger partial charge in [0, 0.05) is 11.0 Å². The van der Waals surface area contributed by atoms with Crippen molar-refractivity contribution >= 4 is 33.3 Å². The molecule has 2 aromatic carbocycles. The second kappa shape index (κ2) is 6.05. The number of rotatable bonds is 4. The third kappa shape index (κ3) is 2.82. The molecule has 0 aliphatic carbocycles. The smallest absolute Gasteiger partial charge is 0.337 e. The van der Waals surface area contributed by atoms with E-state index in [0.717, 1.165) is 0 Å². The van der Waals surface area contributed by atoms with Crippen LogP contribution in [0.15, 0.2) is 46.9 Å². The van der Waals surface area contributed by atoms with Gasteiger partial charge in [-0.2, -0.15) is 0 Å². The molecule has 2 rings (SSSR count). The van der Waals surface area contributed by atoms with E-state index in [9.17, 15) is 14.3 Å². The van der Waals surface area contributed by atoms with Gasteiger partial charge in [-0.1, -0.05) is 28.1 Å². The van der Waals surface area contributed by atoms with E-state index in [4.69, 9.17) is 0 Å². The standard InChI is InChI=1S/C15H13BrFNO2/c1-2-18(14-6-4-3-5-12(14)17)13-8-7-10(16)9-11(13)15(19)20/h3-9H,2H2,1H3,(H,19,20). The normalized spacial score (nSPS) is 10.3. The largest absolute Gasteiger partial charge is 0.478 e. The molecule has 0 aliphatic heterocycles. The molecule has 2 aromatic rings. The second-order valence-corrected chi connectivity index (χ2v) is 5.08. The Labute approximate surface area is 124 Å². The summed E-state index contributed by atoms with van der Waals surface area (Å²) in [6.07, 6.45) is 0. The van der Waals surface area contributed by atoms with Crippen LogP contribution in [0.3, 0.4) is 0 Å². The first-order valence-electron chi connectivity index (χ1n) is 6.09. The number of anilines is 2. The molecule has 0 amide bonds. The lowest BCUT2D eigenvalue weighted by molar-refractivity contribution is 0.0697. The summed E-state index contributed by atoms with van der Waals surface area (Å²) >= 11 is 3.25. The molecule has 20 heavy (non-hydrogen) atoms. The van der Waals surface area contributed by atoms with Gasteiger partial charge in [0.15, 0.2) is 0 Å². The Balaban J connectivity index is 2.58. The number of hydrogen-bond donors (Lipinski definition) is 1. The van der Waals surface area contributed by atoms with Gasteiger partial charge >= 0.3 is 5.97 Å². The number of aromatic carboxylic acids is 1. The van der Waals surface area contributed by atoms with Gasteiger partial charge in [-0.05, 0) is 37.3 Å². The van der Waals surface area contributed by atoms with Crippen LogP contribution < -0.4 is 4.90 Å². The summed E-state index contributed by atoms with van der Waals surface area (Å²) in [5, 5.41) is 9.31. The van der Waals surface area contributed by atoms with Crippen LogP contribution >= 0.6 is 15.9 Å². The van der Waals surface area contributed by atoms with E-state index >= 15 is 0 Å². The van der Waals surface area contributed by atoms with E-state index in [1.165, 1.54) is 12.1 Å². The fourth-order valence-electron chi connectivity index (χ4n) is 2.06. The van der Waals surface area contributed by atoms with E-state index in [-0.39, 0.29) is 11.4 Å². The van der Waals surface area contributed by atoms with Crippen LogP contribution in [-0.2, 0) is 0 Å². The van der Waals surface area contributed by atoms with Gasteiger partial charge in [0.25, 0.3) is 0 Å². The lowest BCUT2D eigenvalue weighted by Gasteiger charge is -2.25. The van der Waals surface area contributed by atoms with E-state index in [1.54, 1.807) is 35.2 Å². The molecular formula is C15H13BrFNO2. The lowest BCUT2D eigenvalue weighted by atomic mass is 10.1. The first kappa shape index (κ1) is 14.5. The average molecular weight is 338 g/mol. The van der Waals surface area contributed by atoms with Crippen molar-refractivity contribution in [1.29, 1.82) is 0 Å². The molecule has 0 radical (unpaired) electrons. The minimum atomic E-state index is -1.05. The van der Waals surface area contributed by atoms with Gasteiger partial charge in [0.1, 0.15) is 5.82 Å². The van der Waals surface area contributed by atoms with Gasteiger partial charge in [-0.3, -0.25) is 0 Å². The van der Waals surface area contributed by atoms with Crippen LogP contribution in [0.25, 0.3) is 0 Å². The highest BCUT2D eigenvalue weighted by atomic mass is 79.9. The van der Waals surface area contributed by atoms with Crippen molar-refractivity contribution in [2.75, 3.05) is 11.4 Å². The summed E-state index contributed by atoms with van der Waals surface area (Å²) in [5.74, 6) is -1.43. The van der Waals surface area contributed by atoms with Gasteiger partial charge in [0.05, 0.1) is 16.9 Å². The highest BCUT2D eigenvalue weighted by Gasteiger charge is 2.18. The van der Waals surface area contributed by atoms with E-state index in [0.29, 0.717) is 22.4 Å². The number of halogens is 2. The maximum Gasteiger partial charge on any atom is 0.337 e. The Hall–Kier alpha value is -1.88. The highest BCUT2D eigenvalue weighted by molar-refractivity contribution is 9.10. The predicted octanol–water partition coefficient (Wildman–Crippen LogP) is 4.44. The van der Waals surface area contributed by atoms with E-state index < -0.39 is 5.97 Å². The molecule has 0 unspecified atom stereocenters. The number of carbonyl (C=O) groups is 1. The first-order valence-corrected chi connectivity index (χ1v) is 6.88. The minimum absolute atomic E-state index is 0.129. The fourth-order valence-corrected chi connectivity index (χ4v) is 2.42. The maximum absolute atomic E-state index is 13.9. The van der Waals surface area contributed by atoms with Crippen LogP contribution in [0.5, 0.6) is 0 Å². The average Bonchev–Trinajstić information content (AvgIpc) is 2.42. The Morgan fingerprint density at radius 3 is 2.55 bits per heavy atom. The topological polar surface area (TPSA) is 40.5 Å². The highest BCUT2D eigenvalue weighted by Crippen LogP contribution is 2.32. The van der Waals surface area contributed by atoms with Crippen molar-refractivity contribution in [2.24, 2.45) is 0 Å². The third-order valence-electron chi connectivity index (χ3n) is 2.94. The lowest BCUT2D eigenvalue weighted by Crippen LogP contribution is -2.20. The molecule has 0 aliphatic rings. The van der Waals surface area contributed by atoms with Crippen molar-refractivity contribution < 1.29 is 14.3 Å². The summed E-state index contributed by atoms with van der Waals surface area (Å²) in [6.45, 7) is 2.31. The number of carboxylic acids is 1. The van der Waals surface area contributed by atoms with Crippen molar-refractivity contribution in [3.8, 4) is 0 Å². The molecule has 0 heterocycles. The maximum atomic E-state index is 13.9. The summed E-state index contributed by atoms with van der Waals surface area (Å²) in [4.78, 5) is 13.0. The van der Waals surface area contributed by atoms with Crippen molar-refractivity contribution in [3.05, 3.63) is 58.3 Å². The molecular weight excluding hydrogens is 325 g/mol. The monoisotopic (exact) mass is 337 g/mol. The van der Waals surface area contributed by atoms with Gasteiger partial charge < -0.3 is 10.0 Å². The Kier molecular flexibility index (Phi) is 4.39. The molecule has 1 N–H and O–H groups in total. The SMILES string of the molecule is CCN(c1ccccc1F)c1ccc(Br)cc1C(=O)O. The molecule has 0 aromatic heterocycles. The summed E-state index contributed by atoms with van der Waals surface area (Å²) < 4.78 is 14.6. The molecule has 0 fully saturated rings. The van der Waals surface area contributed by atoms with Crippen molar-refractivity contribution in [2.45, 2.75) is 6.92 Å². The first-order chi connectivity index (χ1) is 9.54. The Morgan fingerprint density at radius 1 is 1.25 bits per heavy atom. The van der Waals surface area contributed by atoms with Crippen LogP contribution in [0.2, 0.25) is 0 Å². The van der Waals surface area contributed by atoms with Gasteiger partial charge in [-0.25, -0.2) is 9.18 Å². The van der Waals surface area contributed by atoms with Crippen LogP contribution in [0, 0.1) is 5.82 Å². The van der Waals surface area contributed by atoms with Gasteiger partial charge in [-0.15, -0.1) is 0 Å². The van der Waals surface area contributed by atoms with E-state index in [2.05, 4.69) is 15.9 Å². The van der Waals surface area contributed by atoms with Crippen molar-refractivity contribution in [3.63, 3.8) is 0 Å². The molecule has 5 heteroatoms. The summed E-state index contributed by atoms with van der Waals surface area (Å²) in [7, 11) is 0. The second-order valence-electron chi connectivity index (χ2n) is 4.16. The number of benzene rings is 2. The Morgan fingerprint density at radius 2 is 1.95 bits per heavy atom. The molecule has 0 saturated heterocycles. The zero-order valence-corrected chi connectivity index (χ0v) is 12.4. The third-order valence-corrected chi connectivity index (χ3v) is 3.43. The summed E-state index contributed by atoms with van der Waals surface area (Å²) in [6, 6.07) is 11.2. The van der Waals surface area contributed by atoms with E-state index in [1.807, 2.05) is 6.92 Å². The quantitative estimate of drug-likeness (QED) is 0.896. The fraction of sp³-hybridized carbons (Fsp3) is 0.133. The Bertz CT molecular complexity index is 646. The molecule has 3 nitrogen and oxygen atoms in total. The molecule has 0 saturated carbocycles. The minimum Gasteiger partial charge on any atom is -0.478 e. The molecule has 0 bridgehead atoms. The molecule has 0 atom stereocenters. The zero-order chi connectivity index (χ0) is 14.7. The molecule has 0 spiro atoms. The number of carboxylic acid groups (broad SMARTS) is 1.